The molecule has 1 heterocycles. The van der Waals surface area contributed by atoms with Crippen molar-refractivity contribution >= 4 is 27.9 Å². The normalized spacial score (nSPS) is 12.3. The van der Waals surface area contributed by atoms with Gasteiger partial charge in [0.2, 0.25) is 0 Å². The first kappa shape index (κ1) is 20.3. The van der Waals surface area contributed by atoms with E-state index in [4.69, 9.17) is 4.74 Å². The van der Waals surface area contributed by atoms with Gasteiger partial charge in [0.05, 0.1) is 23.3 Å². The van der Waals surface area contributed by atoms with E-state index >= 15 is 0 Å². The first-order chi connectivity index (χ1) is 14.8. The van der Waals surface area contributed by atoms with Crippen molar-refractivity contribution in [3.8, 4) is 11.4 Å². The minimum absolute atomic E-state index is 0.620. The first-order valence-corrected chi connectivity index (χ1v) is 11.1. The molecule has 0 aliphatic heterocycles. The van der Waals surface area contributed by atoms with Crippen molar-refractivity contribution in [3.63, 3.8) is 0 Å². The van der Waals surface area contributed by atoms with E-state index in [1.807, 2.05) is 6.08 Å². The molecule has 0 fully saturated rings. The highest BCUT2D eigenvalue weighted by molar-refractivity contribution is 6.09. The van der Waals surface area contributed by atoms with Crippen molar-refractivity contribution in [3.05, 3.63) is 78.9 Å². The van der Waals surface area contributed by atoms with Gasteiger partial charge in [-0.25, -0.2) is 0 Å². The SMILES string of the molecule is C=Cc1cc(OCC(CC)CCCC)ccc1-n1c2ccccc2c2ccccc21. The Balaban J connectivity index is 1.71. The Morgan fingerprint density at radius 1 is 0.933 bits per heavy atom. The van der Waals surface area contributed by atoms with E-state index < -0.39 is 0 Å². The van der Waals surface area contributed by atoms with Crippen LogP contribution in [0.3, 0.4) is 0 Å². The van der Waals surface area contributed by atoms with Gasteiger partial charge in [-0.05, 0) is 42.7 Å². The van der Waals surface area contributed by atoms with Crippen LogP contribution in [0, 0.1) is 5.92 Å². The van der Waals surface area contributed by atoms with E-state index in [-0.39, 0.29) is 0 Å². The number of rotatable bonds is 9. The zero-order valence-electron chi connectivity index (χ0n) is 18.1. The van der Waals surface area contributed by atoms with Crippen LogP contribution in [0.15, 0.2) is 73.3 Å². The zero-order chi connectivity index (χ0) is 20.9. The molecule has 2 nitrogen and oxygen atoms in total. The maximum absolute atomic E-state index is 6.19. The van der Waals surface area contributed by atoms with E-state index in [0.717, 1.165) is 30.0 Å². The molecule has 1 unspecified atom stereocenters. The number of nitrogens with zero attached hydrogens (tertiary/aromatic N) is 1. The third-order valence-corrected chi connectivity index (χ3v) is 6.07. The van der Waals surface area contributed by atoms with Gasteiger partial charge in [0.15, 0.2) is 0 Å². The van der Waals surface area contributed by atoms with E-state index in [9.17, 15) is 0 Å². The molecule has 1 atom stereocenters. The minimum atomic E-state index is 0.620. The summed E-state index contributed by atoms with van der Waals surface area (Å²) in [5.41, 5.74) is 4.63. The molecule has 0 amide bonds. The molecule has 0 aliphatic rings. The summed E-state index contributed by atoms with van der Waals surface area (Å²) < 4.78 is 8.52. The van der Waals surface area contributed by atoms with Crippen LogP contribution >= 0.6 is 0 Å². The van der Waals surface area contributed by atoms with Gasteiger partial charge in [-0.1, -0.05) is 82.2 Å². The van der Waals surface area contributed by atoms with Crippen LogP contribution in [-0.2, 0) is 0 Å². The standard InChI is InChI=1S/C28H31NO/c1-4-7-12-21(5-2)20-30-23-17-18-26(22(6-3)19-23)29-27-15-10-8-13-24(27)25-14-9-11-16-28(25)29/h6,8-11,13-19,21H,3-5,7,12,20H2,1-2H3. The quantitative estimate of drug-likeness (QED) is 0.279. The fourth-order valence-corrected chi connectivity index (χ4v) is 4.28. The van der Waals surface area contributed by atoms with Crippen LogP contribution in [0.1, 0.15) is 45.1 Å². The van der Waals surface area contributed by atoms with Crippen LogP contribution in [0.5, 0.6) is 5.75 Å². The Kier molecular flexibility index (Phi) is 6.23. The molecule has 0 bridgehead atoms. The van der Waals surface area contributed by atoms with Gasteiger partial charge in [0.25, 0.3) is 0 Å². The summed E-state index contributed by atoms with van der Waals surface area (Å²) in [6.07, 6.45) is 6.84. The molecule has 1 aromatic heterocycles. The first-order valence-electron chi connectivity index (χ1n) is 11.1. The van der Waals surface area contributed by atoms with Gasteiger partial charge >= 0.3 is 0 Å². The highest BCUT2D eigenvalue weighted by Crippen LogP contribution is 2.34. The van der Waals surface area contributed by atoms with Gasteiger partial charge in [-0.3, -0.25) is 0 Å². The molecular formula is C28H31NO. The Morgan fingerprint density at radius 2 is 1.60 bits per heavy atom. The summed E-state index contributed by atoms with van der Waals surface area (Å²) >= 11 is 0. The fourth-order valence-electron chi connectivity index (χ4n) is 4.28. The van der Waals surface area contributed by atoms with Gasteiger partial charge < -0.3 is 9.30 Å². The monoisotopic (exact) mass is 397 g/mol. The molecular weight excluding hydrogens is 366 g/mol. The van der Waals surface area contributed by atoms with Crippen molar-refractivity contribution in [2.75, 3.05) is 6.61 Å². The number of aromatic nitrogens is 1. The molecule has 0 saturated carbocycles. The molecule has 154 valence electrons. The van der Waals surface area contributed by atoms with E-state index in [1.54, 1.807) is 0 Å². The average Bonchev–Trinajstić information content (AvgIpc) is 3.13. The van der Waals surface area contributed by atoms with E-state index in [0.29, 0.717) is 5.92 Å². The summed E-state index contributed by atoms with van der Waals surface area (Å²) in [4.78, 5) is 0. The second-order valence-electron chi connectivity index (χ2n) is 8.02. The zero-order valence-corrected chi connectivity index (χ0v) is 18.1. The van der Waals surface area contributed by atoms with E-state index in [2.05, 4.69) is 91.7 Å². The maximum Gasteiger partial charge on any atom is 0.120 e. The number of para-hydroxylation sites is 2. The summed E-state index contributed by atoms with van der Waals surface area (Å²) in [6, 6.07) is 23.6. The minimum Gasteiger partial charge on any atom is -0.493 e. The largest absolute Gasteiger partial charge is 0.493 e. The predicted molar refractivity (Wildman–Crippen MR) is 130 cm³/mol. The summed E-state index contributed by atoms with van der Waals surface area (Å²) in [7, 11) is 0. The van der Waals surface area contributed by atoms with Gasteiger partial charge in [0.1, 0.15) is 5.75 Å². The van der Waals surface area contributed by atoms with Gasteiger partial charge in [-0.15, -0.1) is 0 Å². The Labute approximate surface area is 179 Å². The van der Waals surface area contributed by atoms with Crippen molar-refractivity contribution < 1.29 is 4.74 Å². The van der Waals surface area contributed by atoms with Crippen molar-refractivity contribution in [2.24, 2.45) is 5.92 Å². The summed E-state index contributed by atoms with van der Waals surface area (Å²) in [5, 5.41) is 2.54. The van der Waals surface area contributed by atoms with Crippen LogP contribution in [0.4, 0.5) is 0 Å². The number of fused-ring (bicyclic) bond motifs is 3. The predicted octanol–water partition coefficient (Wildman–Crippen LogP) is 8.02. The molecule has 4 rings (SSSR count). The summed E-state index contributed by atoms with van der Waals surface area (Å²) in [6.45, 7) is 9.37. The molecule has 0 radical (unpaired) electrons. The van der Waals surface area contributed by atoms with Crippen molar-refractivity contribution in [2.45, 2.75) is 39.5 Å². The van der Waals surface area contributed by atoms with Crippen molar-refractivity contribution in [1.82, 2.24) is 4.57 Å². The number of hydrogen-bond donors (Lipinski definition) is 0. The molecule has 0 N–H and O–H groups in total. The smallest absolute Gasteiger partial charge is 0.120 e. The third kappa shape index (κ3) is 3.87. The number of ether oxygens (including phenoxy) is 1. The Hall–Kier alpha value is -3.00. The van der Waals surface area contributed by atoms with Gasteiger partial charge in [0, 0.05) is 16.3 Å². The highest BCUT2D eigenvalue weighted by atomic mass is 16.5. The highest BCUT2D eigenvalue weighted by Gasteiger charge is 2.14. The lowest BCUT2D eigenvalue weighted by atomic mass is 10.0. The van der Waals surface area contributed by atoms with Crippen LogP contribution in [0.25, 0.3) is 33.6 Å². The van der Waals surface area contributed by atoms with Crippen LogP contribution in [0.2, 0.25) is 0 Å². The fraction of sp³-hybridized carbons (Fsp3) is 0.286. The molecule has 4 aromatic rings. The molecule has 2 heteroatoms. The maximum atomic E-state index is 6.19. The lowest BCUT2D eigenvalue weighted by Gasteiger charge is -2.17. The topological polar surface area (TPSA) is 14.2 Å². The van der Waals surface area contributed by atoms with Crippen LogP contribution in [-0.4, -0.2) is 11.2 Å². The number of hydrogen-bond acceptors (Lipinski definition) is 1. The molecule has 3 aromatic carbocycles. The van der Waals surface area contributed by atoms with Gasteiger partial charge in [-0.2, -0.15) is 0 Å². The Bertz CT molecular complexity index is 1100. The van der Waals surface area contributed by atoms with E-state index in [1.165, 1.54) is 41.1 Å². The molecule has 0 spiro atoms. The third-order valence-electron chi connectivity index (χ3n) is 6.07. The summed E-state index contributed by atoms with van der Waals surface area (Å²) in [5.74, 6) is 1.54. The Morgan fingerprint density at radius 3 is 2.20 bits per heavy atom. The average molecular weight is 398 g/mol. The lowest BCUT2D eigenvalue weighted by molar-refractivity contribution is 0.233. The number of benzene rings is 3. The lowest BCUT2D eigenvalue weighted by Crippen LogP contribution is -2.11. The molecule has 0 aliphatic carbocycles. The van der Waals surface area contributed by atoms with Crippen molar-refractivity contribution in [1.29, 1.82) is 0 Å². The van der Waals surface area contributed by atoms with Crippen LogP contribution < -0.4 is 4.74 Å². The second-order valence-corrected chi connectivity index (χ2v) is 8.02. The molecule has 0 saturated heterocycles. The molecule has 30 heavy (non-hydrogen) atoms. The second kappa shape index (κ2) is 9.21. The number of unbranched alkanes of at least 4 members (excludes halogenated alkanes) is 1.